The van der Waals surface area contributed by atoms with E-state index >= 15 is 0 Å². The minimum atomic E-state index is 0.659. The van der Waals surface area contributed by atoms with Crippen LogP contribution < -0.4 is 5.32 Å². The van der Waals surface area contributed by atoms with Gasteiger partial charge in [0.05, 0.1) is 0 Å². The van der Waals surface area contributed by atoms with E-state index in [1.54, 1.807) is 11.3 Å². The van der Waals surface area contributed by atoms with E-state index in [0.29, 0.717) is 5.95 Å². The van der Waals surface area contributed by atoms with Gasteiger partial charge >= 0.3 is 0 Å². The van der Waals surface area contributed by atoms with Crippen LogP contribution in [0, 0.1) is 6.92 Å². The maximum Gasteiger partial charge on any atom is 0.222 e. The molecule has 1 N–H and O–H groups in total. The highest BCUT2D eigenvalue weighted by Gasteiger charge is 2.04. The van der Waals surface area contributed by atoms with Gasteiger partial charge in [0, 0.05) is 35.1 Å². The number of thiol groups is 1. The second kappa shape index (κ2) is 5.32. The second-order valence-electron chi connectivity index (χ2n) is 3.38. The summed E-state index contributed by atoms with van der Waals surface area (Å²) in [4.78, 5) is 9.76. The van der Waals surface area contributed by atoms with Crippen LogP contribution in [0.5, 0.6) is 0 Å². The maximum atomic E-state index is 4.26. The number of aromatic nitrogens is 2. The van der Waals surface area contributed by atoms with Crippen LogP contribution in [0.2, 0.25) is 0 Å². The Morgan fingerprint density at radius 2 is 2.12 bits per heavy atom. The second-order valence-corrected chi connectivity index (χ2v) is 4.74. The Morgan fingerprint density at radius 3 is 2.69 bits per heavy atom. The number of thiophene rings is 1. The fourth-order valence-corrected chi connectivity index (χ4v) is 2.39. The quantitative estimate of drug-likeness (QED) is 0.821. The average molecular weight is 251 g/mol. The average Bonchev–Trinajstić information content (AvgIpc) is 2.74. The first-order valence-corrected chi connectivity index (χ1v) is 6.53. The molecule has 5 heteroatoms. The van der Waals surface area contributed by atoms with Crippen molar-refractivity contribution in [2.24, 2.45) is 0 Å². The summed E-state index contributed by atoms with van der Waals surface area (Å²) in [6, 6.07) is 2.10. The predicted molar refractivity (Wildman–Crippen MR) is 72.4 cm³/mol. The molecule has 3 nitrogen and oxygen atoms in total. The van der Waals surface area contributed by atoms with Crippen molar-refractivity contribution in [2.45, 2.75) is 6.92 Å². The fraction of sp³-hybridized carbons (Fsp3) is 0.273. The Bertz CT molecular complexity index is 451. The van der Waals surface area contributed by atoms with Gasteiger partial charge in [0.15, 0.2) is 0 Å². The molecule has 0 aliphatic heterocycles. The lowest BCUT2D eigenvalue weighted by atomic mass is 10.2. The Morgan fingerprint density at radius 1 is 1.38 bits per heavy atom. The Kier molecular flexibility index (Phi) is 3.79. The largest absolute Gasteiger partial charge is 0.353 e. The Balaban J connectivity index is 2.16. The molecule has 0 radical (unpaired) electrons. The van der Waals surface area contributed by atoms with Gasteiger partial charge in [-0.05, 0) is 23.9 Å². The molecule has 0 aliphatic carbocycles. The molecule has 2 heterocycles. The Labute approximate surface area is 104 Å². The SMILES string of the molecule is Cc1ccsc1-c1cnc(NCCS)nc1. The first kappa shape index (κ1) is 11.4. The van der Waals surface area contributed by atoms with E-state index < -0.39 is 0 Å². The lowest BCUT2D eigenvalue weighted by molar-refractivity contribution is 1.09. The number of anilines is 1. The monoisotopic (exact) mass is 251 g/mol. The van der Waals surface area contributed by atoms with Crippen molar-refractivity contribution < 1.29 is 0 Å². The molecule has 2 aromatic rings. The highest BCUT2D eigenvalue weighted by atomic mass is 32.1. The zero-order valence-electron chi connectivity index (χ0n) is 8.97. The van der Waals surface area contributed by atoms with Crippen LogP contribution in [0.3, 0.4) is 0 Å². The van der Waals surface area contributed by atoms with Crippen LogP contribution in [0.15, 0.2) is 23.8 Å². The standard InChI is InChI=1S/C11H13N3S2/c1-8-2-5-16-10(8)9-6-13-11(14-7-9)12-3-4-15/h2,5-7,15H,3-4H2,1H3,(H,12,13,14). The van der Waals surface area contributed by atoms with Gasteiger partial charge in [-0.15, -0.1) is 11.3 Å². The topological polar surface area (TPSA) is 37.8 Å². The van der Waals surface area contributed by atoms with Crippen molar-refractivity contribution in [3.05, 3.63) is 29.4 Å². The zero-order valence-corrected chi connectivity index (χ0v) is 10.7. The number of nitrogens with one attached hydrogen (secondary N) is 1. The zero-order chi connectivity index (χ0) is 11.4. The van der Waals surface area contributed by atoms with Gasteiger partial charge in [-0.25, -0.2) is 9.97 Å². The summed E-state index contributed by atoms with van der Waals surface area (Å²) >= 11 is 5.83. The van der Waals surface area contributed by atoms with Crippen molar-refractivity contribution in [2.75, 3.05) is 17.6 Å². The molecule has 0 fully saturated rings. The summed E-state index contributed by atoms with van der Waals surface area (Å²) < 4.78 is 0. The van der Waals surface area contributed by atoms with Gasteiger partial charge in [-0.3, -0.25) is 0 Å². The minimum absolute atomic E-state index is 0.659. The number of nitrogens with zero attached hydrogens (tertiary/aromatic N) is 2. The first-order valence-electron chi connectivity index (χ1n) is 5.02. The van der Waals surface area contributed by atoms with Gasteiger partial charge in [-0.2, -0.15) is 12.6 Å². The normalized spacial score (nSPS) is 10.4. The van der Waals surface area contributed by atoms with E-state index in [2.05, 4.69) is 46.3 Å². The number of hydrogen-bond donors (Lipinski definition) is 2. The van der Waals surface area contributed by atoms with Crippen LogP contribution >= 0.6 is 24.0 Å². The Hall–Kier alpha value is -1.07. The lowest BCUT2D eigenvalue weighted by Gasteiger charge is -2.03. The third kappa shape index (κ3) is 2.54. The molecule has 0 bridgehead atoms. The van der Waals surface area contributed by atoms with Crippen molar-refractivity contribution >= 4 is 29.9 Å². The molecule has 0 saturated carbocycles. The third-order valence-electron chi connectivity index (χ3n) is 2.17. The van der Waals surface area contributed by atoms with E-state index in [1.165, 1.54) is 10.4 Å². The van der Waals surface area contributed by atoms with Crippen molar-refractivity contribution in [1.82, 2.24) is 9.97 Å². The van der Waals surface area contributed by atoms with Gasteiger partial charge < -0.3 is 5.32 Å². The summed E-state index contributed by atoms with van der Waals surface area (Å²) in [5.74, 6) is 1.43. The molecule has 0 aromatic carbocycles. The van der Waals surface area contributed by atoms with E-state index in [-0.39, 0.29) is 0 Å². The molecule has 0 unspecified atom stereocenters. The van der Waals surface area contributed by atoms with E-state index in [0.717, 1.165) is 17.9 Å². The molecule has 0 saturated heterocycles. The van der Waals surface area contributed by atoms with Crippen molar-refractivity contribution in [3.8, 4) is 10.4 Å². The molecular formula is C11H13N3S2. The molecular weight excluding hydrogens is 238 g/mol. The van der Waals surface area contributed by atoms with E-state index in [9.17, 15) is 0 Å². The van der Waals surface area contributed by atoms with Gasteiger partial charge in [0.25, 0.3) is 0 Å². The number of rotatable bonds is 4. The molecule has 84 valence electrons. The van der Waals surface area contributed by atoms with Crippen molar-refractivity contribution in [1.29, 1.82) is 0 Å². The van der Waals surface area contributed by atoms with Crippen LogP contribution in [-0.2, 0) is 0 Å². The van der Waals surface area contributed by atoms with Crippen LogP contribution in [0.4, 0.5) is 5.95 Å². The van der Waals surface area contributed by atoms with E-state index in [4.69, 9.17) is 0 Å². The predicted octanol–water partition coefficient (Wildman–Crippen LogP) is 2.86. The molecule has 0 spiro atoms. The summed E-state index contributed by atoms with van der Waals surface area (Å²) in [6.07, 6.45) is 3.71. The lowest BCUT2D eigenvalue weighted by Crippen LogP contribution is -2.05. The minimum Gasteiger partial charge on any atom is -0.353 e. The van der Waals surface area contributed by atoms with Crippen LogP contribution in [0.25, 0.3) is 10.4 Å². The van der Waals surface area contributed by atoms with Gasteiger partial charge in [-0.1, -0.05) is 0 Å². The summed E-state index contributed by atoms with van der Waals surface area (Å²) in [6.45, 7) is 2.87. The first-order chi connectivity index (χ1) is 7.81. The highest BCUT2D eigenvalue weighted by Crippen LogP contribution is 2.27. The third-order valence-corrected chi connectivity index (χ3v) is 3.46. The number of aryl methyl sites for hydroxylation is 1. The highest BCUT2D eigenvalue weighted by molar-refractivity contribution is 7.80. The van der Waals surface area contributed by atoms with Gasteiger partial charge in [0.2, 0.25) is 5.95 Å². The maximum absolute atomic E-state index is 4.26. The van der Waals surface area contributed by atoms with Crippen molar-refractivity contribution in [3.63, 3.8) is 0 Å². The van der Waals surface area contributed by atoms with Crippen LogP contribution in [-0.4, -0.2) is 22.3 Å². The van der Waals surface area contributed by atoms with Crippen LogP contribution in [0.1, 0.15) is 5.56 Å². The molecule has 0 aliphatic rings. The fourth-order valence-electron chi connectivity index (χ4n) is 1.37. The molecule has 2 rings (SSSR count). The van der Waals surface area contributed by atoms with E-state index in [1.807, 2.05) is 12.4 Å². The summed E-state index contributed by atoms with van der Waals surface area (Å²) in [5.41, 5.74) is 2.34. The summed E-state index contributed by atoms with van der Waals surface area (Å²) in [7, 11) is 0. The summed E-state index contributed by atoms with van der Waals surface area (Å²) in [5, 5.41) is 5.17. The molecule has 16 heavy (non-hydrogen) atoms. The van der Waals surface area contributed by atoms with Gasteiger partial charge in [0.1, 0.15) is 0 Å². The molecule has 0 amide bonds. The molecule has 2 aromatic heterocycles. The number of hydrogen-bond acceptors (Lipinski definition) is 5. The smallest absolute Gasteiger partial charge is 0.222 e. The molecule has 0 atom stereocenters.